The van der Waals surface area contributed by atoms with E-state index in [0.29, 0.717) is 17.3 Å². The minimum Gasteiger partial charge on any atom is -0.507 e. The molecule has 0 saturated carbocycles. The molecule has 0 spiro atoms. The molecule has 0 aliphatic carbocycles. The number of nitrogens with zero attached hydrogens (tertiary/aromatic N) is 1. The van der Waals surface area contributed by atoms with E-state index < -0.39 is 34.7 Å². The number of carbonyl (C=O) groups is 3. The van der Waals surface area contributed by atoms with Crippen LogP contribution in [0.3, 0.4) is 0 Å². The van der Waals surface area contributed by atoms with Crippen LogP contribution in [0.4, 0.5) is 5.69 Å². The predicted octanol–water partition coefficient (Wildman–Crippen LogP) is 1.83. The minimum atomic E-state index is -2.83. The van der Waals surface area contributed by atoms with E-state index >= 15 is 0 Å². The van der Waals surface area contributed by atoms with Gasteiger partial charge in [-0.1, -0.05) is 18.2 Å². The van der Waals surface area contributed by atoms with Crippen LogP contribution < -0.4 is 9.64 Å². The molecule has 2 N–H and O–H groups in total. The van der Waals surface area contributed by atoms with Crippen LogP contribution in [0.2, 0.25) is 0 Å². The number of methoxy groups -OCH3 is 1. The maximum Gasteiger partial charge on any atom is 0.365 e. The van der Waals surface area contributed by atoms with Crippen LogP contribution in [-0.4, -0.2) is 47.3 Å². The molecular formula is C21H19NO7. The number of hydrogen-bond donors (Lipinski definition) is 2. The van der Waals surface area contributed by atoms with Crippen molar-refractivity contribution in [3.8, 4) is 5.75 Å². The molecule has 0 aromatic heterocycles. The number of ether oxygens (including phenoxy) is 2. The fraction of sp³-hybridized carbons (Fsp3) is 0.190. The van der Waals surface area contributed by atoms with Crippen molar-refractivity contribution < 1.29 is 34.1 Å². The molecule has 0 unspecified atom stereocenters. The van der Waals surface area contributed by atoms with Crippen molar-refractivity contribution in [3.05, 3.63) is 65.7 Å². The number of rotatable bonds is 5. The molecule has 3 rings (SSSR count). The highest BCUT2D eigenvalue weighted by molar-refractivity contribution is 6.54. The second kappa shape index (κ2) is 7.76. The lowest BCUT2D eigenvalue weighted by molar-refractivity contribution is -0.158. The van der Waals surface area contributed by atoms with E-state index in [4.69, 9.17) is 4.74 Å². The molecule has 0 radical (unpaired) electrons. The largest absolute Gasteiger partial charge is 0.507 e. The maximum absolute atomic E-state index is 12.7. The number of aliphatic hydroxyl groups excluding tert-OH is 1. The molecule has 1 aliphatic heterocycles. The number of amides is 1. The van der Waals surface area contributed by atoms with Gasteiger partial charge in [0.1, 0.15) is 17.1 Å². The highest BCUT2D eigenvalue weighted by atomic mass is 16.5. The van der Waals surface area contributed by atoms with E-state index in [1.807, 2.05) is 6.92 Å². The van der Waals surface area contributed by atoms with Gasteiger partial charge in [0.25, 0.3) is 11.5 Å². The Morgan fingerprint density at radius 2 is 1.69 bits per heavy atom. The van der Waals surface area contributed by atoms with E-state index in [-0.39, 0.29) is 11.3 Å². The van der Waals surface area contributed by atoms with Gasteiger partial charge in [-0.25, -0.2) is 4.79 Å². The lowest BCUT2D eigenvalue weighted by Gasteiger charge is -2.30. The van der Waals surface area contributed by atoms with Crippen LogP contribution in [-0.2, 0) is 19.1 Å². The van der Waals surface area contributed by atoms with Gasteiger partial charge in [0, 0.05) is 11.3 Å². The van der Waals surface area contributed by atoms with Crippen molar-refractivity contribution in [2.24, 2.45) is 0 Å². The zero-order valence-corrected chi connectivity index (χ0v) is 15.8. The summed E-state index contributed by atoms with van der Waals surface area (Å²) < 4.78 is 9.98. The molecule has 1 atom stereocenters. The van der Waals surface area contributed by atoms with E-state index in [2.05, 4.69) is 4.74 Å². The third-order valence-corrected chi connectivity index (χ3v) is 4.46. The summed E-state index contributed by atoms with van der Waals surface area (Å²) in [5.41, 5.74) is -3.40. The number of aliphatic hydroxyl groups is 2. The molecule has 8 heteroatoms. The molecule has 1 amide bonds. The molecule has 2 aromatic carbocycles. The van der Waals surface area contributed by atoms with Crippen molar-refractivity contribution in [1.82, 2.24) is 0 Å². The van der Waals surface area contributed by atoms with Gasteiger partial charge in [-0.05, 0) is 43.3 Å². The van der Waals surface area contributed by atoms with E-state index in [0.717, 1.165) is 7.11 Å². The molecule has 8 nitrogen and oxygen atoms in total. The number of hydrogen-bond acceptors (Lipinski definition) is 7. The molecule has 29 heavy (non-hydrogen) atoms. The van der Waals surface area contributed by atoms with Gasteiger partial charge < -0.3 is 19.7 Å². The summed E-state index contributed by atoms with van der Waals surface area (Å²) in [6.45, 7) is 2.25. The normalized spacial score (nSPS) is 20.6. The summed E-state index contributed by atoms with van der Waals surface area (Å²) in [6, 6.07) is 13.6. The Bertz CT molecular complexity index is 982. The van der Waals surface area contributed by atoms with E-state index in [1.165, 1.54) is 24.3 Å². The molecule has 0 bridgehead atoms. The first-order chi connectivity index (χ1) is 13.9. The first-order valence-electron chi connectivity index (χ1n) is 8.77. The maximum atomic E-state index is 12.7. The summed E-state index contributed by atoms with van der Waals surface area (Å²) in [5.74, 6) is -3.85. The number of ketones is 1. The second-order valence-electron chi connectivity index (χ2n) is 6.15. The topological polar surface area (TPSA) is 113 Å². The van der Waals surface area contributed by atoms with Gasteiger partial charge in [0.05, 0.1) is 13.7 Å². The molecule has 1 saturated heterocycles. The number of carbonyl (C=O) groups excluding carboxylic acids is 3. The Kier molecular flexibility index (Phi) is 5.38. The molecule has 1 fully saturated rings. The average molecular weight is 397 g/mol. The van der Waals surface area contributed by atoms with Crippen LogP contribution >= 0.6 is 0 Å². The van der Waals surface area contributed by atoms with Gasteiger partial charge in [-0.2, -0.15) is 0 Å². The van der Waals surface area contributed by atoms with E-state index in [9.17, 15) is 24.6 Å². The fourth-order valence-electron chi connectivity index (χ4n) is 3.14. The summed E-state index contributed by atoms with van der Waals surface area (Å²) in [4.78, 5) is 38.5. The smallest absolute Gasteiger partial charge is 0.365 e. The number of para-hydroxylation sites is 1. The highest BCUT2D eigenvalue weighted by Gasteiger charge is 2.62. The average Bonchev–Trinajstić information content (AvgIpc) is 2.94. The number of anilines is 1. The highest BCUT2D eigenvalue weighted by Crippen LogP contribution is 2.39. The Morgan fingerprint density at radius 1 is 1.07 bits per heavy atom. The Balaban J connectivity index is 2.20. The van der Waals surface area contributed by atoms with Crippen molar-refractivity contribution in [1.29, 1.82) is 0 Å². The standard InChI is InChI=1S/C21H19NO7/c1-3-29-15-11-9-13(10-12-15)17(23)16-18(24)19(25)22(14-7-5-4-6-8-14)21(16,27)20(26)28-2/h4-12,23,27H,3H2,1-2H3/b17-16-/t21-/m0/s1. The summed E-state index contributed by atoms with van der Waals surface area (Å²) in [6.07, 6.45) is 0. The minimum absolute atomic E-state index is 0.0910. The zero-order chi connectivity index (χ0) is 21.2. The summed E-state index contributed by atoms with van der Waals surface area (Å²) >= 11 is 0. The Morgan fingerprint density at radius 3 is 2.24 bits per heavy atom. The lowest BCUT2D eigenvalue weighted by Crippen LogP contribution is -2.54. The summed E-state index contributed by atoms with van der Waals surface area (Å²) in [7, 11) is 1.00. The first kappa shape index (κ1) is 20.1. The third-order valence-electron chi connectivity index (χ3n) is 4.46. The molecule has 150 valence electrons. The number of benzene rings is 2. The van der Waals surface area contributed by atoms with Crippen molar-refractivity contribution >= 4 is 29.1 Å². The van der Waals surface area contributed by atoms with Crippen LogP contribution in [0.5, 0.6) is 5.75 Å². The summed E-state index contributed by atoms with van der Waals surface area (Å²) in [5, 5.41) is 22.0. The van der Waals surface area contributed by atoms with Crippen LogP contribution in [0.15, 0.2) is 60.2 Å². The lowest BCUT2D eigenvalue weighted by atomic mass is 9.97. The third kappa shape index (κ3) is 3.23. The van der Waals surface area contributed by atoms with E-state index in [1.54, 1.807) is 30.3 Å². The SMILES string of the molecule is CCOc1ccc(/C(O)=C2\C(=O)C(=O)N(c3ccccc3)[C@@]2(O)C(=O)OC)cc1. The number of esters is 1. The molecule has 1 heterocycles. The Hall–Kier alpha value is -3.65. The van der Waals surface area contributed by atoms with Crippen molar-refractivity contribution in [3.63, 3.8) is 0 Å². The van der Waals surface area contributed by atoms with Gasteiger partial charge in [-0.15, -0.1) is 0 Å². The second-order valence-corrected chi connectivity index (χ2v) is 6.15. The van der Waals surface area contributed by atoms with Crippen molar-refractivity contribution in [2.75, 3.05) is 18.6 Å². The molecular weight excluding hydrogens is 378 g/mol. The predicted molar refractivity (Wildman–Crippen MR) is 103 cm³/mol. The molecule has 1 aliphatic rings. The van der Waals surface area contributed by atoms with Gasteiger partial charge >= 0.3 is 11.9 Å². The monoisotopic (exact) mass is 397 g/mol. The fourth-order valence-corrected chi connectivity index (χ4v) is 3.14. The van der Waals surface area contributed by atoms with Gasteiger partial charge in [-0.3, -0.25) is 14.5 Å². The Labute approximate surface area is 166 Å². The van der Waals surface area contributed by atoms with Gasteiger partial charge in [0.2, 0.25) is 0 Å². The molecule has 2 aromatic rings. The van der Waals surface area contributed by atoms with Crippen LogP contribution in [0.25, 0.3) is 5.76 Å². The first-order valence-corrected chi connectivity index (χ1v) is 8.77. The number of Topliss-reactive ketones (excluding diaryl/α,β-unsaturated/α-hetero) is 1. The van der Waals surface area contributed by atoms with Gasteiger partial charge in [0.15, 0.2) is 0 Å². The zero-order valence-electron chi connectivity index (χ0n) is 15.8. The quantitative estimate of drug-likeness (QED) is 0.342. The van der Waals surface area contributed by atoms with Crippen molar-refractivity contribution in [2.45, 2.75) is 12.6 Å². The van der Waals surface area contributed by atoms with Crippen LogP contribution in [0.1, 0.15) is 12.5 Å². The van der Waals surface area contributed by atoms with Crippen LogP contribution in [0, 0.1) is 0 Å².